The molecule has 9 nitrogen and oxygen atoms in total. The van der Waals surface area contributed by atoms with Gasteiger partial charge in [-0.1, -0.05) is 6.07 Å². The Balaban J connectivity index is 1.78. The number of benzene rings is 1. The average molecular weight is 422 g/mol. The summed E-state index contributed by atoms with van der Waals surface area (Å²) in [5, 5.41) is 1.74. The van der Waals surface area contributed by atoms with Crippen molar-refractivity contribution < 1.29 is 33.3 Å². The van der Waals surface area contributed by atoms with Crippen LogP contribution in [-0.4, -0.2) is 45.7 Å². The third kappa shape index (κ3) is 6.39. The molecule has 0 unspecified atom stereocenters. The molecule has 2 aromatic rings. The maximum absolute atomic E-state index is 11.9. The highest BCUT2D eigenvalue weighted by Crippen LogP contribution is 2.38. The van der Waals surface area contributed by atoms with E-state index < -0.39 is 24.4 Å². The fourth-order valence-electron chi connectivity index (χ4n) is 2.38. The standard InChI is InChI=1S/C19H22N2O7S/c1-25-13-9-12(10-14(26-2)18(13)27-3)6-7-17(23)28-11-16(22)20-21-19(24)15-5-4-8-29-15/h4-5,8-10H,6-7,11H2,1-3H3,(H,20,22)(H,21,24). The summed E-state index contributed by atoms with van der Waals surface area (Å²) in [7, 11) is 4.52. The van der Waals surface area contributed by atoms with E-state index in [9.17, 15) is 14.4 Å². The lowest BCUT2D eigenvalue weighted by atomic mass is 10.1. The largest absolute Gasteiger partial charge is 0.493 e. The maximum atomic E-state index is 11.9. The molecule has 0 spiro atoms. The average Bonchev–Trinajstić information content (AvgIpc) is 3.28. The van der Waals surface area contributed by atoms with Gasteiger partial charge in [-0.05, 0) is 35.6 Å². The summed E-state index contributed by atoms with van der Waals surface area (Å²) in [6.45, 7) is -0.501. The number of hydrogen-bond acceptors (Lipinski definition) is 8. The zero-order valence-corrected chi connectivity index (χ0v) is 17.1. The maximum Gasteiger partial charge on any atom is 0.306 e. The normalized spacial score (nSPS) is 10.0. The van der Waals surface area contributed by atoms with Gasteiger partial charge in [0.15, 0.2) is 18.1 Å². The molecule has 0 bridgehead atoms. The van der Waals surface area contributed by atoms with Crippen molar-refractivity contribution in [3.63, 3.8) is 0 Å². The number of aryl methyl sites for hydroxylation is 1. The summed E-state index contributed by atoms with van der Waals surface area (Å²) in [4.78, 5) is 35.7. The van der Waals surface area contributed by atoms with Crippen LogP contribution in [-0.2, 0) is 20.7 Å². The number of carbonyl (C=O) groups is 3. The Morgan fingerprint density at radius 2 is 1.69 bits per heavy atom. The van der Waals surface area contributed by atoms with Crippen LogP contribution in [0.25, 0.3) is 0 Å². The van der Waals surface area contributed by atoms with Crippen LogP contribution in [0.1, 0.15) is 21.7 Å². The van der Waals surface area contributed by atoms with Gasteiger partial charge < -0.3 is 18.9 Å². The molecular formula is C19H22N2O7S. The Morgan fingerprint density at radius 1 is 1.00 bits per heavy atom. The van der Waals surface area contributed by atoms with E-state index in [-0.39, 0.29) is 6.42 Å². The Kier molecular flexibility index (Phi) is 8.28. The molecule has 1 heterocycles. The highest BCUT2D eigenvalue weighted by atomic mass is 32.1. The lowest BCUT2D eigenvalue weighted by Crippen LogP contribution is -2.43. The van der Waals surface area contributed by atoms with Crippen LogP contribution in [0.4, 0.5) is 0 Å². The first-order chi connectivity index (χ1) is 14.0. The third-order valence-corrected chi connectivity index (χ3v) is 4.64. The van der Waals surface area contributed by atoms with E-state index in [0.717, 1.165) is 5.56 Å². The third-order valence-electron chi connectivity index (χ3n) is 3.77. The lowest BCUT2D eigenvalue weighted by molar-refractivity contribution is -0.148. The van der Waals surface area contributed by atoms with Gasteiger partial charge in [0.05, 0.1) is 26.2 Å². The molecule has 156 valence electrons. The van der Waals surface area contributed by atoms with Gasteiger partial charge in [-0.2, -0.15) is 0 Å². The molecule has 0 saturated carbocycles. The molecule has 0 atom stereocenters. The minimum Gasteiger partial charge on any atom is -0.493 e. The number of hydrogen-bond donors (Lipinski definition) is 2. The van der Waals surface area contributed by atoms with Gasteiger partial charge in [0.25, 0.3) is 11.8 Å². The second kappa shape index (κ2) is 10.9. The first kappa shape index (κ1) is 22.0. The predicted molar refractivity (Wildman–Crippen MR) is 105 cm³/mol. The van der Waals surface area contributed by atoms with Gasteiger partial charge in [0.2, 0.25) is 5.75 Å². The number of esters is 1. The molecule has 2 amide bonds. The minimum atomic E-state index is -0.643. The van der Waals surface area contributed by atoms with Gasteiger partial charge in [-0.3, -0.25) is 25.2 Å². The van der Waals surface area contributed by atoms with E-state index >= 15 is 0 Å². The van der Waals surface area contributed by atoms with Crippen molar-refractivity contribution in [1.29, 1.82) is 0 Å². The smallest absolute Gasteiger partial charge is 0.306 e. The zero-order valence-electron chi connectivity index (χ0n) is 16.3. The second-order valence-electron chi connectivity index (χ2n) is 5.67. The van der Waals surface area contributed by atoms with Crippen LogP contribution >= 0.6 is 11.3 Å². The molecule has 2 N–H and O–H groups in total. The van der Waals surface area contributed by atoms with Gasteiger partial charge in [-0.15, -0.1) is 11.3 Å². The Bertz CT molecular complexity index is 827. The SMILES string of the molecule is COc1cc(CCC(=O)OCC(=O)NNC(=O)c2cccs2)cc(OC)c1OC. The van der Waals surface area contributed by atoms with Crippen molar-refractivity contribution in [1.82, 2.24) is 10.9 Å². The molecule has 1 aromatic heterocycles. The van der Waals surface area contributed by atoms with E-state index in [1.165, 1.54) is 32.7 Å². The van der Waals surface area contributed by atoms with Crippen LogP contribution in [0.3, 0.4) is 0 Å². The van der Waals surface area contributed by atoms with E-state index in [0.29, 0.717) is 28.5 Å². The van der Waals surface area contributed by atoms with Gasteiger partial charge in [0, 0.05) is 6.42 Å². The van der Waals surface area contributed by atoms with E-state index in [1.807, 2.05) is 0 Å². The molecule has 0 saturated heterocycles. The van der Waals surface area contributed by atoms with Gasteiger partial charge >= 0.3 is 5.97 Å². The quantitative estimate of drug-likeness (QED) is 0.467. The Hall–Kier alpha value is -3.27. The van der Waals surface area contributed by atoms with Crippen molar-refractivity contribution >= 4 is 29.1 Å². The van der Waals surface area contributed by atoms with Gasteiger partial charge in [-0.25, -0.2) is 0 Å². The van der Waals surface area contributed by atoms with E-state index in [4.69, 9.17) is 18.9 Å². The van der Waals surface area contributed by atoms with Crippen LogP contribution in [0, 0.1) is 0 Å². The number of amides is 2. The molecule has 0 radical (unpaired) electrons. The highest BCUT2D eigenvalue weighted by molar-refractivity contribution is 7.12. The van der Waals surface area contributed by atoms with E-state index in [1.54, 1.807) is 29.6 Å². The number of thiophene rings is 1. The summed E-state index contributed by atoms with van der Waals surface area (Å²) < 4.78 is 20.7. The van der Waals surface area contributed by atoms with Crippen LogP contribution in [0.15, 0.2) is 29.6 Å². The number of ether oxygens (including phenoxy) is 4. The number of methoxy groups -OCH3 is 3. The number of hydrazine groups is 1. The Morgan fingerprint density at radius 3 is 2.24 bits per heavy atom. The summed E-state index contributed by atoms with van der Waals surface area (Å²) in [6, 6.07) is 6.81. The highest BCUT2D eigenvalue weighted by Gasteiger charge is 2.15. The summed E-state index contributed by atoms with van der Waals surface area (Å²) >= 11 is 1.24. The molecule has 10 heteroatoms. The Labute approximate surface area is 171 Å². The summed E-state index contributed by atoms with van der Waals surface area (Å²) in [6.07, 6.45) is 0.403. The van der Waals surface area contributed by atoms with Crippen LogP contribution in [0.5, 0.6) is 17.2 Å². The lowest BCUT2D eigenvalue weighted by Gasteiger charge is -2.14. The summed E-state index contributed by atoms with van der Waals surface area (Å²) in [5.74, 6) is -0.216. The summed E-state index contributed by atoms with van der Waals surface area (Å²) in [5.41, 5.74) is 5.21. The van der Waals surface area contributed by atoms with Gasteiger partial charge in [0.1, 0.15) is 0 Å². The fraction of sp³-hybridized carbons (Fsp3) is 0.316. The molecule has 29 heavy (non-hydrogen) atoms. The van der Waals surface area contributed by atoms with Crippen molar-refractivity contribution in [2.45, 2.75) is 12.8 Å². The molecule has 0 aliphatic rings. The fourth-order valence-corrected chi connectivity index (χ4v) is 3.00. The van der Waals surface area contributed by atoms with Crippen LogP contribution < -0.4 is 25.1 Å². The van der Waals surface area contributed by atoms with E-state index in [2.05, 4.69) is 10.9 Å². The van der Waals surface area contributed by atoms with Crippen molar-refractivity contribution in [2.75, 3.05) is 27.9 Å². The molecule has 2 rings (SSSR count). The molecular weight excluding hydrogens is 400 g/mol. The first-order valence-electron chi connectivity index (χ1n) is 8.55. The number of carbonyl (C=O) groups excluding carboxylic acids is 3. The first-order valence-corrected chi connectivity index (χ1v) is 9.43. The van der Waals surface area contributed by atoms with Crippen molar-refractivity contribution in [3.05, 3.63) is 40.1 Å². The predicted octanol–water partition coefficient (Wildman–Crippen LogP) is 1.71. The molecule has 0 fully saturated rings. The monoisotopic (exact) mass is 422 g/mol. The number of rotatable bonds is 9. The van der Waals surface area contributed by atoms with Crippen LogP contribution in [0.2, 0.25) is 0 Å². The van der Waals surface area contributed by atoms with Crippen molar-refractivity contribution in [2.24, 2.45) is 0 Å². The molecule has 1 aromatic carbocycles. The topological polar surface area (TPSA) is 112 Å². The second-order valence-corrected chi connectivity index (χ2v) is 6.62. The molecule has 0 aliphatic heterocycles. The minimum absolute atomic E-state index is 0.0491. The number of nitrogens with one attached hydrogen (secondary N) is 2. The molecule has 0 aliphatic carbocycles. The van der Waals surface area contributed by atoms with Crippen molar-refractivity contribution in [3.8, 4) is 17.2 Å². The zero-order chi connectivity index (χ0) is 21.2.